The van der Waals surface area contributed by atoms with Gasteiger partial charge in [-0.1, -0.05) is 13.8 Å². The van der Waals surface area contributed by atoms with Gasteiger partial charge in [0.2, 0.25) is 0 Å². The maximum atomic E-state index is 13.0. The zero-order valence-electron chi connectivity index (χ0n) is 12.9. The van der Waals surface area contributed by atoms with Crippen LogP contribution in [0.2, 0.25) is 0 Å². The highest BCUT2D eigenvalue weighted by Crippen LogP contribution is 2.13. The molecule has 0 spiro atoms. The van der Waals surface area contributed by atoms with E-state index in [1.807, 2.05) is 13.8 Å². The number of aliphatic carboxylic acids is 1. The van der Waals surface area contributed by atoms with Crippen LogP contribution in [0.1, 0.15) is 30.8 Å². The number of aromatic nitrogens is 2. The number of nitrogens with one attached hydrogen (secondary N) is 1. The van der Waals surface area contributed by atoms with Gasteiger partial charge in [-0.05, 0) is 36.6 Å². The SMILES string of the molecule is CC(C)C[C@@H](NC(=O)c1cncn1-c1ccc(F)cc1)C(=O)O. The molecule has 1 heterocycles. The van der Waals surface area contributed by atoms with Crippen molar-refractivity contribution in [3.8, 4) is 5.69 Å². The summed E-state index contributed by atoms with van der Waals surface area (Å²) in [6.07, 6.45) is 3.08. The van der Waals surface area contributed by atoms with Crippen molar-refractivity contribution < 1.29 is 19.1 Å². The summed E-state index contributed by atoms with van der Waals surface area (Å²) in [6, 6.07) is 4.60. The van der Waals surface area contributed by atoms with E-state index in [9.17, 15) is 19.1 Å². The smallest absolute Gasteiger partial charge is 0.326 e. The summed E-state index contributed by atoms with van der Waals surface area (Å²) in [5.41, 5.74) is 0.747. The molecule has 2 aromatic rings. The van der Waals surface area contributed by atoms with Crippen molar-refractivity contribution in [1.29, 1.82) is 0 Å². The Kier molecular flexibility index (Phi) is 5.10. The van der Waals surface area contributed by atoms with Crippen LogP contribution in [0.25, 0.3) is 5.69 Å². The van der Waals surface area contributed by atoms with Gasteiger partial charge in [0.25, 0.3) is 5.91 Å². The molecule has 0 bridgehead atoms. The molecule has 122 valence electrons. The van der Waals surface area contributed by atoms with E-state index in [1.54, 1.807) is 0 Å². The number of carboxylic acid groups (broad SMARTS) is 1. The van der Waals surface area contributed by atoms with Gasteiger partial charge in [-0.15, -0.1) is 0 Å². The van der Waals surface area contributed by atoms with Gasteiger partial charge in [-0.25, -0.2) is 14.2 Å². The second-order valence-corrected chi connectivity index (χ2v) is 5.62. The third-order valence-corrected chi connectivity index (χ3v) is 3.29. The minimum absolute atomic E-state index is 0.124. The highest BCUT2D eigenvalue weighted by atomic mass is 19.1. The highest BCUT2D eigenvalue weighted by molar-refractivity contribution is 5.95. The number of carbonyl (C=O) groups excluding carboxylic acids is 1. The number of carboxylic acids is 1. The Morgan fingerprint density at radius 2 is 1.96 bits per heavy atom. The van der Waals surface area contributed by atoms with E-state index < -0.39 is 17.9 Å². The molecule has 6 nitrogen and oxygen atoms in total. The normalized spacial score (nSPS) is 12.2. The summed E-state index contributed by atoms with van der Waals surface area (Å²) in [4.78, 5) is 27.5. The first-order chi connectivity index (χ1) is 10.9. The van der Waals surface area contributed by atoms with Crippen molar-refractivity contribution in [2.75, 3.05) is 0 Å². The third kappa shape index (κ3) is 4.15. The van der Waals surface area contributed by atoms with Crippen molar-refractivity contribution in [1.82, 2.24) is 14.9 Å². The van der Waals surface area contributed by atoms with Crippen LogP contribution in [0.4, 0.5) is 4.39 Å². The number of hydrogen-bond donors (Lipinski definition) is 2. The first kappa shape index (κ1) is 16.7. The molecule has 0 aliphatic heterocycles. The topological polar surface area (TPSA) is 84.2 Å². The van der Waals surface area contributed by atoms with Gasteiger partial charge < -0.3 is 10.4 Å². The third-order valence-electron chi connectivity index (χ3n) is 3.29. The van der Waals surface area contributed by atoms with Crippen molar-refractivity contribution >= 4 is 11.9 Å². The predicted molar refractivity (Wildman–Crippen MR) is 81.9 cm³/mol. The van der Waals surface area contributed by atoms with E-state index in [0.717, 1.165) is 0 Å². The summed E-state index contributed by atoms with van der Waals surface area (Å²) in [7, 11) is 0. The van der Waals surface area contributed by atoms with E-state index in [1.165, 1.54) is 41.4 Å². The molecule has 0 unspecified atom stereocenters. The van der Waals surface area contributed by atoms with Crippen LogP contribution >= 0.6 is 0 Å². The Balaban J connectivity index is 2.22. The van der Waals surface area contributed by atoms with Gasteiger partial charge in [0.05, 0.1) is 12.5 Å². The standard InChI is InChI=1S/C16H18FN3O3/c1-10(2)7-13(16(22)23)19-15(21)14-8-18-9-20(14)12-5-3-11(17)4-6-12/h3-6,8-10,13H,7H2,1-2H3,(H,19,21)(H,22,23)/t13-/m1/s1. The molecule has 1 aromatic carbocycles. The van der Waals surface area contributed by atoms with Crippen molar-refractivity contribution in [3.63, 3.8) is 0 Å². The minimum Gasteiger partial charge on any atom is -0.480 e. The van der Waals surface area contributed by atoms with Gasteiger partial charge in [0, 0.05) is 5.69 Å². The van der Waals surface area contributed by atoms with Gasteiger partial charge in [0.1, 0.15) is 17.6 Å². The Bertz CT molecular complexity index is 695. The Morgan fingerprint density at radius 3 is 2.52 bits per heavy atom. The summed E-state index contributed by atoms with van der Waals surface area (Å²) in [5, 5.41) is 11.7. The first-order valence-electron chi connectivity index (χ1n) is 7.20. The maximum absolute atomic E-state index is 13.0. The van der Waals surface area contributed by atoms with Crippen LogP contribution in [0.3, 0.4) is 0 Å². The fourth-order valence-electron chi connectivity index (χ4n) is 2.20. The molecule has 7 heteroatoms. The van der Waals surface area contributed by atoms with Gasteiger partial charge in [-0.3, -0.25) is 9.36 Å². The van der Waals surface area contributed by atoms with Crippen LogP contribution in [0, 0.1) is 11.7 Å². The maximum Gasteiger partial charge on any atom is 0.326 e. The van der Waals surface area contributed by atoms with Gasteiger partial charge >= 0.3 is 5.97 Å². The monoisotopic (exact) mass is 319 g/mol. The molecule has 1 aromatic heterocycles. The van der Waals surface area contributed by atoms with Crippen LogP contribution in [-0.4, -0.2) is 32.6 Å². The lowest BCUT2D eigenvalue weighted by molar-refractivity contribution is -0.139. The summed E-state index contributed by atoms with van der Waals surface area (Å²) in [5.74, 6) is -1.89. The number of imidazole rings is 1. The van der Waals surface area contributed by atoms with E-state index in [4.69, 9.17) is 0 Å². The lowest BCUT2D eigenvalue weighted by atomic mass is 10.0. The molecule has 0 saturated heterocycles. The summed E-state index contributed by atoms with van der Waals surface area (Å²) in [6.45, 7) is 3.76. The van der Waals surface area contributed by atoms with Gasteiger partial charge in [0.15, 0.2) is 0 Å². The molecule has 1 atom stereocenters. The van der Waals surface area contributed by atoms with Crippen LogP contribution in [0.15, 0.2) is 36.8 Å². The van der Waals surface area contributed by atoms with Crippen LogP contribution < -0.4 is 5.32 Å². The second kappa shape index (κ2) is 7.04. The molecule has 0 aliphatic rings. The quantitative estimate of drug-likeness (QED) is 0.855. The number of benzene rings is 1. The zero-order chi connectivity index (χ0) is 17.0. The molecule has 2 rings (SSSR count). The molecule has 2 N–H and O–H groups in total. The predicted octanol–water partition coefficient (Wildman–Crippen LogP) is 2.24. The number of amides is 1. The molecule has 0 radical (unpaired) electrons. The number of nitrogens with zero attached hydrogens (tertiary/aromatic N) is 2. The molecule has 0 fully saturated rings. The van der Waals surface area contributed by atoms with E-state index in [2.05, 4.69) is 10.3 Å². The zero-order valence-corrected chi connectivity index (χ0v) is 12.9. The fourth-order valence-corrected chi connectivity index (χ4v) is 2.20. The Hall–Kier alpha value is -2.70. The minimum atomic E-state index is -1.08. The highest BCUT2D eigenvalue weighted by Gasteiger charge is 2.23. The van der Waals surface area contributed by atoms with Crippen LogP contribution in [-0.2, 0) is 4.79 Å². The van der Waals surface area contributed by atoms with Crippen molar-refractivity contribution in [2.45, 2.75) is 26.3 Å². The number of halogens is 1. The fraction of sp³-hybridized carbons (Fsp3) is 0.312. The molecule has 0 aliphatic carbocycles. The van der Waals surface area contributed by atoms with Crippen molar-refractivity contribution in [2.24, 2.45) is 5.92 Å². The van der Waals surface area contributed by atoms with E-state index in [0.29, 0.717) is 12.1 Å². The molecule has 0 saturated carbocycles. The van der Waals surface area contributed by atoms with Crippen LogP contribution in [0.5, 0.6) is 0 Å². The number of carbonyl (C=O) groups is 2. The molecule has 1 amide bonds. The van der Waals surface area contributed by atoms with E-state index >= 15 is 0 Å². The van der Waals surface area contributed by atoms with Gasteiger partial charge in [-0.2, -0.15) is 0 Å². The molecular weight excluding hydrogens is 301 g/mol. The summed E-state index contributed by atoms with van der Waals surface area (Å²) < 4.78 is 14.5. The second-order valence-electron chi connectivity index (χ2n) is 5.62. The molecular formula is C16H18FN3O3. The summed E-state index contributed by atoms with van der Waals surface area (Å²) >= 11 is 0. The largest absolute Gasteiger partial charge is 0.480 e. The number of hydrogen-bond acceptors (Lipinski definition) is 3. The average Bonchev–Trinajstić information content (AvgIpc) is 2.96. The Labute approximate surface area is 133 Å². The molecule has 23 heavy (non-hydrogen) atoms. The lowest BCUT2D eigenvalue weighted by Crippen LogP contribution is -2.42. The lowest BCUT2D eigenvalue weighted by Gasteiger charge is -2.17. The average molecular weight is 319 g/mol. The van der Waals surface area contributed by atoms with E-state index in [-0.39, 0.29) is 17.4 Å². The van der Waals surface area contributed by atoms with Crippen molar-refractivity contribution in [3.05, 3.63) is 48.3 Å². The number of rotatable bonds is 6. The first-order valence-corrected chi connectivity index (χ1v) is 7.20. The Morgan fingerprint density at radius 1 is 1.30 bits per heavy atom.